The summed E-state index contributed by atoms with van der Waals surface area (Å²) >= 11 is 1.52. The minimum absolute atomic E-state index is 0.203. The van der Waals surface area contributed by atoms with Gasteiger partial charge in [-0.2, -0.15) is 0 Å². The van der Waals surface area contributed by atoms with Crippen molar-refractivity contribution >= 4 is 28.2 Å². The first-order valence-electron chi connectivity index (χ1n) is 8.32. The molecule has 0 saturated heterocycles. The van der Waals surface area contributed by atoms with Crippen molar-refractivity contribution in [2.75, 3.05) is 12.4 Å². The summed E-state index contributed by atoms with van der Waals surface area (Å²) in [5, 5.41) is 3.48. The Hall–Kier alpha value is -1.62. The van der Waals surface area contributed by atoms with Crippen molar-refractivity contribution in [2.45, 2.75) is 53.9 Å². The zero-order valence-corrected chi connectivity index (χ0v) is 16.2. The fourth-order valence-corrected chi connectivity index (χ4v) is 4.46. The van der Waals surface area contributed by atoms with Crippen LogP contribution in [-0.4, -0.2) is 19.0 Å². The summed E-state index contributed by atoms with van der Waals surface area (Å²) in [6, 6.07) is 0. The molecule has 0 saturated carbocycles. The number of esters is 1. The van der Waals surface area contributed by atoms with Gasteiger partial charge in [-0.15, -0.1) is 11.3 Å². The number of rotatable bonds is 3. The van der Waals surface area contributed by atoms with Crippen LogP contribution in [0.25, 0.3) is 0 Å². The molecule has 0 aliphatic heterocycles. The highest BCUT2D eigenvalue weighted by atomic mass is 32.1. The van der Waals surface area contributed by atoms with Gasteiger partial charge in [0.2, 0.25) is 5.91 Å². The van der Waals surface area contributed by atoms with Crippen molar-refractivity contribution in [1.82, 2.24) is 0 Å². The number of thiophene rings is 1. The summed E-state index contributed by atoms with van der Waals surface area (Å²) in [5.74, 6) is 0.0100. The van der Waals surface area contributed by atoms with E-state index in [-0.39, 0.29) is 17.3 Å². The molecule has 0 spiro atoms. The maximum Gasteiger partial charge on any atom is 0.341 e. The van der Waals surface area contributed by atoms with Crippen LogP contribution in [0.2, 0.25) is 0 Å². The maximum atomic E-state index is 12.3. The topological polar surface area (TPSA) is 55.4 Å². The fourth-order valence-electron chi connectivity index (χ4n) is 3.14. The first kappa shape index (κ1) is 18.7. The second kappa shape index (κ2) is 7.09. The summed E-state index contributed by atoms with van der Waals surface area (Å²) in [4.78, 5) is 25.6. The predicted molar refractivity (Wildman–Crippen MR) is 98.7 cm³/mol. The SMILES string of the molecule is COC(=O)c1c(NC(=O)C=C(C)C)sc2c1CC[C@H](C(C)(C)C)C2. The molecule has 1 aliphatic carbocycles. The minimum atomic E-state index is -0.366. The van der Waals surface area contributed by atoms with Crippen LogP contribution in [0.5, 0.6) is 0 Å². The van der Waals surface area contributed by atoms with Gasteiger partial charge in [0.05, 0.1) is 12.7 Å². The molecule has 1 N–H and O–H groups in total. The van der Waals surface area contributed by atoms with Crippen molar-refractivity contribution in [3.05, 3.63) is 27.7 Å². The van der Waals surface area contributed by atoms with E-state index >= 15 is 0 Å². The zero-order chi connectivity index (χ0) is 18.1. The monoisotopic (exact) mass is 349 g/mol. The molecule has 0 radical (unpaired) electrons. The standard InChI is InChI=1S/C19H27NO3S/c1-11(2)9-15(21)20-17-16(18(22)23-6)13-8-7-12(19(3,4)5)10-14(13)24-17/h9,12H,7-8,10H2,1-6H3,(H,20,21)/t12-/m0/s1. The quantitative estimate of drug-likeness (QED) is 0.641. The summed E-state index contributed by atoms with van der Waals surface area (Å²) in [5.41, 5.74) is 2.75. The normalized spacial score (nSPS) is 17.0. The number of methoxy groups -OCH3 is 1. The average molecular weight is 349 g/mol. The van der Waals surface area contributed by atoms with E-state index in [4.69, 9.17) is 4.74 Å². The van der Waals surface area contributed by atoms with E-state index < -0.39 is 0 Å². The van der Waals surface area contributed by atoms with Gasteiger partial charge in [-0.25, -0.2) is 4.79 Å². The lowest BCUT2D eigenvalue weighted by atomic mass is 9.72. The van der Waals surface area contributed by atoms with Crippen LogP contribution < -0.4 is 5.32 Å². The molecule has 1 amide bonds. The van der Waals surface area contributed by atoms with Crippen LogP contribution in [0.1, 0.15) is 61.8 Å². The van der Waals surface area contributed by atoms with E-state index in [1.165, 1.54) is 29.4 Å². The zero-order valence-electron chi connectivity index (χ0n) is 15.4. The third-order valence-corrected chi connectivity index (χ3v) is 5.71. The highest BCUT2D eigenvalue weighted by Crippen LogP contribution is 2.44. The summed E-state index contributed by atoms with van der Waals surface area (Å²) in [7, 11) is 1.38. The van der Waals surface area contributed by atoms with Gasteiger partial charge in [0.25, 0.3) is 0 Å². The van der Waals surface area contributed by atoms with Crippen molar-refractivity contribution in [1.29, 1.82) is 0 Å². The van der Waals surface area contributed by atoms with Gasteiger partial charge in [0.1, 0.15) is 5.00 Å². The summed E-state index contributed by atoms with van der Waals surface area (Å²) < 4.78 is 4.96. The molecule has 0 bridgehead atoms. The first-order valence-corrected chi connectivity index (χ1v) is 9.13. The third-order valence-electron chi connectivity index (χ3n) is 4.54. The average Bonchev–Trinajstić information content (AvgIpc) is 2.81. The van der Waals surface area contributed by atoms with Crippen LogP contribution in [0.15, 0.2) is 11.6 Å². The molecule has 24 heavy (non-hydrogen) atoms. The van der Waals surface area contributed by atoms with Crippen LogP contribution in [-0.2, 0) is 22.4 Å². The molecule has 0 aromatic carbocycles. The highest BCUT2D eigenvalue weighted by Gasteiger charge is 2.34. The second-order valence-electron chi connectivity index (χ2n) is 7.72. The lowest BCUT2D eigenvalue weighted by Crippen LogP contribution is -2.26. The highest BCUT2D eigenvalue weighted by molar-refractivity contribution is 7.17. The molecule has 1 aromatic rings. The Morgan fingerprint density at radius 3 is 2.50 bits per heavy atom. The van der Waals surface area contributed by atoms with Crippen LogP contribution in [0.4, 0.5) is 5.00 Å². The van der Waals surface area contributed by atoms with Gasteiger partial charge in [0.15, 0.2) is 0 Å². The fraction of sp³-hybridized carbons (Fsp3) is 0.579. The molecule has 1 heterocycles. The molecule has 132 valence electrons. The molecule has 5 heteroatoms. The van der Waals surface area contributed by atoms with Gasteiger partial charge in [-0.3, -0.25) is 4.79 Å². The van der Waals surface area contributed by atoms with E-state index in [2.05, 4.69) is 26.1 Å². The van der Waals surface area contributed by atoms with E-state index in [1.807, 2.05) is 13.8 Å². The number of ether oxygens (including phenoxy) is 1. The maximum absolute atomic E-state index is 12.3. The molecule has 4 nitrogen and oxygen atoms in total. The Labute approximate surface area is 148 Å². The number of hydrogen-bond acceptors (Lipinski definition) is 4. The van der Waals surface area contributed by atoms with Crippen LogP contribution in [0.3, 0.4) is 0 Å². The molecule has 2 rings (SSSR count). The van der Waals surface area contributed by atoms with Gasteiger partial charge < -0.3 is 10.1 Å². The number of nitrogens with one attached hydrogen (secondary N) is 1. The number of fused-ring (bicyclic) bond motifs is 1. The van der Waals surface area contributed by atoms with E-state index in [0.717, 1.165) is 30.4 Å². The Balaban J connectivity index is 2.39. The number of hydrogen-bond donors (Lipinski definition) is 1. The summed E-state index contributed by atoms with van der Waals surface area (Å²) in [6.45, 7) is 10.5. The predicted octanol–water partition coefficient (Wildman–Crippen LogP) is 4.59. The number of allylic oxidation sites excluding steroid dienone is 1. The number of anilines is 1. The molecule has 1 aliphatic rings. The first-order chi connectivity index (χ1) is 11.1. The van der Waals surface area contributed by atoms with Gasteiger partial charge in [0, 0.05) is 11.0 Å². The van der Waals surface area contributed by atoms with E-state index in [9.17, 15) is 9.59 Å². The molecule has 0 fully saturated rings. The molecular formula is C19H27NO3S. The largest absolute Gasteiger partial charge is 0.465 e. The van der Waals surface area contributed by atoms with Crippen molar-refractivity contribution in [2.24, 2.45) is 11.3 Å². The Morgan fingerprint density at radius 1 is 1.29 bits per heavy atom. The molecule has 0 unspecified atom stereocenters. The number of carbonyl (C=O) groups is 2. The summed E-state index contributed by atoms with van der Waals surface area (Å²) in [6.07, 6.45) is 4.40. The van der Waals surface area contributed by atoms with Gasteiger partial charge in [-0.05, 0) is 50.0 Å². The second-order valence-corrected chi connectivity index (χ2v) is 8.82. The number of amides is 1. The Morgan fingerprint density at radius 2 is 1.96 bits per heavy atom. The van der Waals surface area contributed by atoms with Crippen LogP contribution in [0, 0.1) is 11.3 Å². The van der Waals surface area contributed by atoms with Gasteiger partial charge in [-0.1, -0.05) is 26.3 Å². The lowest BCUT2D eigenvalue weighted by molar-refractivity contribution is -0.111. The Bertz CT molecular complexity index is 676. The van der Waals surface area contributed by atoms with E-state index in [0.29, 0.717) is 16.5 Å². The minimum Gasteiger partial charge on any atom is -0.465 e. The third kappa shape index (κ3) is 4.07. The molecule has 1 aromatic heterocycles. The molecule has 1 atom stereocenters. The van der Waals surface area contributed by atoms with Crippen molar-refractivity contribution in [3.63, 3.8) is 0 Å². The smallest absolute Gasteiger partial charge is 0.341 e. The van der Waals surface area contributed by atoms with E-state index in [1.54, 1.807) is 0 Å². The Kier molecular flexibility index (Phi) is 5.53. The molecular weight excluding hydrogens is 322 g/mol. The van der Waals surface area contributed by atoms with Gasteiger partial charge >= 0.3 is 5.97 Å². The lowest BCUT2D eigenvalue weighted by Gasteiger charge is -2.33. The van der Waals surface area contributed by atoms with Crippen molar-refractivity contribution in [3.8, 4) is 0 Å². The van der Waals surface area contributed by atoms with Crippen molar-refractivity contribution < 1.29 is 14.3 Å². The van der Waals surface area contributed by atoms with Crippen LogP contribution >= 0.6 is 11.3 Å². The number of carbonyl (C=O) groups excluding carboxylic acids is 2.